The van der Waals surface area contributed by atoms with Crippen LogP contribution in [-0.2, 0) is 0 Å². The van der Waals surface area contributed by atoms with E-state index in [1.807, 2.05) is 19.1 Å². The lowest BCUT2D eigenvalue weighted by atomic mass is 10.1. The average Bonchev–Trinajstić information content (AvgIpc) is 1.98. The van der Waals surface area contributed by atoms with E-state index in [4.69, 9.17) is 11.6 Å². The molecule has 0 amide bonds. The molecule has 0 aliphatic carbocycles. The van der Waals surface area contributed by atoms with E-state index in [1.165, 1.54) is 11.1 Å². The van der Waals surface area contributed by atoms with Crippen molar-refractivity contribution in [2.45, 2.75) is 26.3 Å². The Kier molecular flexibility index (Phi) is 2.99. The van der Waals surface area contributed by atoms with Gasteiger partial charge in [0.2, 0.25) is 0 Å². The molecule has 0 saturated heterocycles. The quantitative estimate of drug-likeness (QED) is 0.548. The highest BCUT2D eigenvalue weighted by Gasteiger charge is 2.01. The lowest BCUT2D eigenvalue weighted by molar-refractivity contribution is 1.10. The summed E-state index contributed by atoms with van der Waals surface area (Å²) >= 11 is 5.83. The Balaban J connectivity index is 2.92. The van der Waals surface area contributed by atoms with Gasteiger partial charge in [-0.3, -0.25) is 0 Å². The summed E-state index contributed by atoms with van der Waals surface area (Å²) in [4.78, 5) is 0. The minimum absolute atomic E-state index is 0.0227. The maximum atomic E-state index is 5.83. The summed E-state index contributed by atoms with van der Waals surface area (Å²) in [5, 5.41) is 3.18. The van der Waals surface area contributed by atoms with Crippen molar-refractivity contribution in [3.05, 3.63) is 29.3 Å². The maximum absolute atomic E-state index is 5.83. The number of halogens is 1. The van der Waals surface area contributed by atoms with Crippen LogP contribution in [0.4, 0.5) is 5.69 Å². The normalized spacial score (nSPS) is 12.7. The molecule has 1 rings (SSSR count). The minimum Gasteiger partial charge on any atom is -0.369 e. The molecule has 1 unspecified atom stereocenters. The molecule has 66 valence electrons. The van der Waals surface area contributed by atoms with E-state index in [0.29, 0.717) is 0 Å². The van der Waals surface area contributed by atoms with Gasteiger partial charge in [0.15, 0.2) is 0 Å². The van der Waals surface area contributed by atoms with Crippen molar-refractivity contribution in [1.29, 1.82) is 0 Å². The third-order valence-electron chi connectivity index (χ3n) is 1.96. The van der Waals surface area contributed by atoms with Gasteiger partial charge in [0.05, 0.1) is 5.50 Å². The topological polar surface area (TPSA) is 12.0 Å². The first-order chi connectivity index (χ1) is 5.61. The molecule has 1 nitrogen and oxygen atoms in total. The minimum atomic E-state index is -0.0227. The summed E-state index contributed by atoms with van der Waals surface area (Å²) < 4.78 is 0. The molecule has 12 heavy (non-hydrogen) atoms. The molecule has 0 aliphatic rings. The molecule has 2 heteroatoms. The summed E-state index contributed by atoms with van der Waals surface area (Å²) in [6.07, 6.45) is 0. The van der Waals surface area contributed by atoms with Crippen LogP contribution in [0, 0.1) is 13.8 Å². The van der Waals surface area contributed by atoms with Gasteiger partial charge in [0, 0.05) is 5.69 Å². The van der Waals surface area contributed by atoms with Crippen molar-refractivity contribution in [2.75, 3.05) is 5.32 Å². The van der Waals surface area contributed by atoms with Crippen LogP contribution < -0.4 is 5.32 Å². The predicted molar refractivity (Wildman–Crippen MR) is 54.9 cm³/mol. The Morgan fingerprint density at radius 3 is 2.58 bits per heavy atom. The second-order valence-electron chi connectivity index (χ2n) is 3.01. The molecule has 0 spiro atoms. The Hall–Kier alpha value is -0.690. The fourth-order valence-electron chi connectivity index (χ4n) is 1.12. The summed E-state index contributed by atoms with van der Waals surface area (Å²) in [7, 11) is 0. The van der Waals surface area contributed by atoms with E-state index in [9.17, 15) is 0 Å². The van der Waals surface area contributed by atoms with E-state index in [0.717, 1.165) is 5.69 Å². The first-order valence-electron chi connectivity index (χ1n) is 4.08. The van der Waals surface area contributed by atoms with Gasteiger partial charge >= 0.3 is 0 Å². The first kappa shape index (κ1) is 9.40. The zero-order valence-corrected chi connectivity index (χ0v) is 8.44. The third kappa shape index (κ3) is 2.15. The molecule has 1 aromatic rings. The molecule has 0 bridgehead atoms. The fourth-order valence-corrected chi connectivity index (χ4v) is 1.24. The Morgan fingerprint density at radius 1 is 1.33 bits per heavy atom. The van der Waals surface area contributed by atoms with Crippen molar-refractivity contribution in [3.63, 3.8) is 0 Å². The van der Waals surface area contributed by atoms with Crippen molar-refractivity contribution in [2.24, 2.45) is 0 Å². The highest BCUT2D eigenvalue weighted by Crippen LogP contribution is 2.19. The van der Waals surface area contributed by atoms with Crippen molar-refractivity contribution in [3.8, 4) is 0 Å². The number of alkyl halides is 1. The lowest BCUT2D eigenvalue weighted by Crippen LogP contribution is -2.08. The van der Waals surface area contributed by atoms with E-state index in [-0.39, 0.29) is 5.50 Å². The van der Waals surface area contributed by atoms with Gasteiger partial charge in [-0.15, -0.1) is 0 Å². The van der Waals surface area contributed by atoms with Gasteiger partial charge in [-0.1, -0.05) is 23.7 Å². The van der Waals surface area contributed by atoms with Crippen molar-refractivity contribution in [1.82, 2.24) is 0 Å². The molecule has 0 aromatic heterocycles. The average molecular weight is 184 g/mol. The number of hydrogen-bond donors (Lipinski definition) is 1. The third-order valence-corrected chi connectivity index (χ3v) is 2.07. The molecular formula is C10H14ClN. The monoisotopic (exact) mass is 183 g/mol. The highest BCUT2D eigenvalue weighted by atomic mass is 35.5. The molecule has 0 saturated carbocycles. The number of rotatable bonds is 2. The molecule has 0 aliphatic heterocycles. The van der Waals surface area contributed by atoms with Gasteiger partial charge < -0.3 is 5.32 Å². The first-order valence-corrected chi connectivity index (χ1v) is 4.51. The lowest BCUT2D eigenvalue weighted by Gasteiger charge is -2.12. The molecule has 0 fully saturated rings. The van der Waals surface area contributed by atoms with Gasteiger partial charge in [-0.25, -0.2) is 0 Å². The summed E-state index contributed by atoms with van der Waals surface area (Å²) in [5.74, 6) is 0. The second kappa shape index (κ2) is 3.81. The zero-order chi connectivity index (χ0) is 9.14. The number of aryl methyl sites for hydroxylation is 1. The zero-order valence-electron chi connectivity index (χ0n) is 7.69. The van der Waals surface area contributed by atoms with E-state index < -0.39 is 0 Å². The molecule has 0 heterocycles. The second-order valence-corrected chi connectivity index (χ2v) is 3.66. The van der Waals surface area contributed by atoms with Crippen LogP contribution in [0.2, 0.25) is 0 Å². The molecule has 1 atom stereocenters. The molecule has 0 radical (unpaired) electrons. The Labute approximate surface area is 78.7 Å². The standard InChI is InChI=1S/C10H14ClN/c1-7-5-4-6-10(8(7)2)12-9(3)11/h4-6,9,12H,1-3H3. The van der Waals surface area contributed by atoms with Crippen LogP contribution in [0.1, 0.15) is 18.1 Å². The van der Waals surface area contributed by atoms with Crippen LogP contribution in [0.3, 0.4) is 0 Å². The largest absolute Gasteiger partial charge is 0.369 e. The van der Waals surface area contributed by atoms with E-state index in [1.54, 1.807) is 0 Å². The van der Waals surface area contributed by atoms with Crippen LogP contribution in [-0.4, -0.2) is 5.50 Å². The maximum Gasteiger partial charge on any atom is 0.0984 e. The van der Waals surface area contributed by atoms with Gasteiger partial charge in [-0.05, 0) is 38.0 Å². The van der Waals surface area contributed by atoms with Crippen LogP contribution in [0.25, 0.3) is 0 Å². The number of anilines is 1. The van der Waals surface area contributed by atoms with Gasteiger partial charge in [0.1, 0.15) is 0 Å². The number of benzene rings is 1. The van der Waals surface area contributed by atoms with Crippen molar-refractivity contribution >= 4 is 17.3 Å². The highest BCUT2D eigenvalue weighted by molar-refractivity contribution is 6.21. The molecular weight excluding hydrogens is 170 g/mol. The van der Waals surface area contributed by atoms with E-state index >= 15 is 0 Å². The Bertz CT molecular complexity index is 269. The summed E-state index contributed by atoms with van der Waals surface area (Å²) in [6, 6.07) is 6.17. The van der Waals surface area contributed by atoms with E-state index in [2.05, 4.69) is 25.2 Å². The molecule has 1 aromatic carbocycles. The van der Waals surface area contributed by atoms with Crippen LogP contribution in [0.15, 0.2) is 18.2 Å². The fraction of sp³-hybridized carbons (Fsp3) is 0.400. The Morgan fingerprint density at radius 2 is 2.00 bits per heavy atom. The summed E-state index contributed by atoms with van der Waals surface area (Å²) in [5.41, 5.74) is 3.66. The summed E-state index contributed by atoms with van der Waals surface area (Å²) in [6.45, 7) is 6.11. The number of hydrogen-bond acceptors (Lipinski definition) is 1. The van der Waals surface area contributed by atoms with Gasteiger partial charge in [0.25, 0.3) is 0 Å². The SMILES string of the molecule is Cc1cccc(NC(C)Cl)c1C. The van der Waals surface area contributed by atoms with Crippen molar-refractivity contribution < 1.29 is 0 Å². The number of nitrogens with one attached hydrogen (secondary N) is 1. The predicted octanol–water partition coefficient (Wildman–Crippen LogP) is 3.30. The van der Waals surface area contributed by atoms with Crippen LogP contribution >= 0.6 is 11.6 Å². The molecule has 1 N–H and O–H groups in total. The smallest absolute Gasteiger partial charge is 0.0984 e. The van der Waals surface area contributed by atoms with Crippen LogP contribution in [0.5, 0.6) is 0 Å². The van der Waals surface area contributed by atoms with Gasteiger partial charge in [-0.2, -0.15) is 0 Å².